The number of methoxy groups -OCH3 is 1. The van der Waals surface area contributed by atoms with Gasteiger partial charge in [-0.05, 0) is 30.0 Å². The first-order chi connectivity index (χ1) is 14.7. The third kappa shape index (κ3) is 7.36. The Morgan fingerprint density at radius 3 is 2.65 bits per heavy atom. The molecule has 166 valence electrons. The quantitative estimate of drug-likeness (QED) is 0.184. The summed E-state index contributed by atoms with van der Waals surface area (Å²) in [6.45, 7) is 4.59. The molecule has 0 saturated carbocycles. The first-order valence-corrected chi connectivity index (χ1v) is 10.2. The van der Waals surface area contributed by atoms with Crippen LogP contribution in [0.4, 0.5) is 0 Å². The Morgan fingerprint density at radius 2 is 1.84 bits per heavy atom. The minimum Gasteiger partial charge on any atom is -0.493 e. The van der Waals surface area contributed by atoms with Crippen molar-refractivity contribution in [3.8, 4) is 5.75 Å². The van der Waals surface area contributed by atoms with Crippen LogP contribution in [0, 0.1) is 6.92 Å². The molecule has 7 heteroatoms. The van der Waals surface area contributed by atoms with Crippen molar-refractivity contribution in [2.75, 3.05) is 27.4 Å². The van der Waals surface area contributed by atoms with E-state index in [1.54, 1.807) is 14.2 Å². The average Bonchev–Trinajstić information content (AvgIpc) is 2.78. The lowest BCUT2D eigenvalue weighted by atomic mass is 10.1. The van der Waals surface area contributed by atoms with Crippen molar-refractivity contribution in [2.24, 2.45) is 4.99 Å². The third-order valence-corrected chi connectivity index (χ3v) is 4.82. The number of rotatable bonds is 9. The van der Waals surface area contributed by atoms with E-state index in [4.69, 9.17) is 9.47 Å². The van der Waals surface area contributed by atoms with E-state index < -0.39 is 0 Å². The van der Waals surface area contributed by atoms with Crippen molar-refractivity contribution >= 4 is 40.7 Å². The van der Waals surface area contributed by atoms with Gasteiger partial charge in [-0.25, -0.2) is 0 Å². The second-order valence-electron chi connectivity index (χ2n) is 7.06. The van der Waals surface area contributed by atoms with E-state index in [2.05, 4.69) is 57.9 Å². The Kier molecular flexibility index (Phi) is 10.5. The third-order valence-electron chi connectivity index (χ3n) is 4.82. The van der Waals surface area contributed by atoms with Gasteiger partial charge in [-0.1, -0.05) is 36.4 Å². The van der Waals surface area contributed by atoms with Crippen LogP contribution < -0.4 is 15.4 Å². The van der Waals surface area contributed by atoms with Crippen LogP contribution in [0.2, 0.25) is 0 Å². The van der Waals surface area contributed by atoms with Gasteiger partial charge in [0.05, 0.1) is 18.8 Å². The number of pyridine rings is 1. The van der Waals surface area contributed by atoms with Crippen molar-refractivity contribution in [3.63, 3.8) is 0 Å². The number of ether oxygens (including phenoxy) is 2. The van der Waals surface area contributed by atoms with Crippen molar-refractivity contribution < 1.29 is 9.47 Å². The molecule has 0 spiro atoms. The highest BCUT2D eigenvalue weighted by Crippen LogP contribution is 2.20. The zero-order valence-corrected chi connectivity index (χ0v) is 20.7. The summed E-state index contributed by atoms with van der Waals surface area (Å²) < 4.78 is 11.1. The maximum absolute atomic E-state index is 5.97. The van der Waals surface area contributed by atoms with Gasteiger partial charge >= 0.3 is 0 Å². The van der Waals surface area contributed by atoms with Crippen LogP contribution in [0.15, 0.2) is 59.7 Å². The molecular weight excluding hydrogens is 503 g/mol. The van der Waals surface area contributed by atoms with Gasteiger partial charge in [-0.2, -0.15) is 0 Å². The number of halogens is 1. The molecule has 0 atom stereocenters. The van der Waals surface area contributed by atoms with E-state index in [0.29, 0.717) is 26.3 Å². The van der Waals surface area contributed by atoms with Gasteiger partial charge in [0.2, 0.25) is 0 Å². The number of aliphatic imine (C=N–C) groups is 1. The fourth-order valence-corrected chi connectivity index (χ4v) is 3.22. The van der Waals surface area contributed by atoms with Gasteiger partial charge in [0.1, 0.15) is 5.75 Å². The van der Waals surface area contributed by atoms with Gasteiger partial charge in [-0.15, -0.1) is 24.0 Å². The summed E-state index contributed by atoms with van der Waals surface area (Å²) in [7, 11) is 3.47. The Morgan fingerprint density at radius 1 is 1.03 bits per heavy atom. The molecule has 0 bridgehead atoms. The van der Waals surface area contributed by atoms with Gasteiger partial charge in [-0.3, -0.25) is 9.98 Å². The summed E-state index contributed by atoms with van der Waals surface area (Å²) in [6.07, 6.45) is 2.70. The molecule has 6 nitrogen and oxygen atoms in total. The second kappa shape index (κ2) is 13.1. The molecule has 0 saturated heterocycles. The second-order valence-corrected chi connectivity index (χ2v) is 7.06. The number of guanidine groups is 1. The molecular formula is C24H31IN4O2. The number of benzene rings is 2. The highest BCUT2D eigenvalue weighted by atomic mass is 127. The van der Waals surface area contributed by atoms with Crippen molar-refractivity contribution in [3.05, 3.63) is 71.5 Å². The van der Waals surface area contributed by atoms with Crippen LogP contribution in [0.3, 0.4) is 0 Å². The van der Waals surface area contributed by atoms with Gasteiger partial charge in [0.15, 0.2) is 5.96 Å². The van der Waals surface area contributed by atoms with Crippen molar-refractivity contribution in [2.45, 2.75) is 26.4 Å². The molecule has 0 unspecified atom stereocenters. The summed E-state index contributed by atoms with van der Waals surface area (Å²) in [5.74, 6) is 1.61. The van der Waals surface area contributed by atoms with Crippen molar-refractivity contribution in [1.29, 1.82) is 0 Å². The van der Waals surface area contributed by atoms with Crippen LogP contribution in [0.25, 0.3) is 10.8 Å². The van der Waals surface area contributed by atoms with Crippen LogP contribution in [-0.2, 0) is 17.8 Å². The SMILES string of the molecule is CN=C(NCc1ccc(C)cc1OCCCOC)NCc1nccc2ccccc12.I. The molecule has 1 heterocycles. The lowest BCUT2D eigenvalue weighted by molar-refractivity contribution is 0.171. The predicted octanol–water partition coefficient (Wildman–Crippen LogP) is 4.44. The Balaban J connectivity index is 0.00000341. The largest absolute Gasteiger partial charge is 0.493 e. The molecule has 1 aromatic heterocycles. The Hall–Kier alpha value is -2.39. The smallest absolute Gasteiger partial charge is 0.191 e. The van der Waals surface area contributed by atoms with E-state index in [0.717, 1.165) is 34.8 Å². The number of aromatic nitrogens is 1. The van der Waals surface area contributed by atoms with Crippen LogP contribution in [-0.4, -0.2) is 38.3 Å². The van der Waals surface area contributed by atoms with Gasteiger partial charge < -0.3 is 20.1 Å². The number of hydrogen-bond acceptors (Lipinski definition) is 4. The number of nitrogens with zero attached hydrogens (tertiary/aromatic N) is 2. The molecule has 0 fully saturated rings. The molecule has 3 rings (SSSR count). The van der Waals surface area contributed by atoms with E-state index >= 15 is 0 Å². The molecule has 0 amide bonds. The van der Waals surface area contributed by atoms with E-state index in [9.17, 15) is 0 Å². The van der Waals surface area contributed by atoms with Gasteiger partial charge in [0.25, 0.3) is 0 Å². The molecule has 0 aliphatic carbocycles. The maximum Gasteiger partial charge on any atom is 0.191 e. The summed E-state index contributed by atoms with van der Waals surface area (Å²) in [5, 5.41) is 9.06. The zero-order chi connectivity index (χ0) is 21.2. The fourth-order valence-electron chi connectivity index (χ4n) is 3.22. The molecule has 0 aliphatic rings. The lowest BCUT2D eigenvalue weighted by Crippen LogP contribution is -2.36. The zero-order valence-electron chi connectivity index (χ0n) is 18.4. The van der Waals surface area contributed by atoms with Crippen LogP contribution in [0.1, 0.15) is 23.2 Å². The molecule has 31 heavy (non-hydrogen) atoms. The highest BCUT2D eigenvalue weighted by molar-refractivity contribution is 14.0. The highest BCUT2D eigenvalue weighted by Gasteiger charge is 2.07. The van der Waals surface area contributed by atoms with Crippen LogP contribution in [0.5, 0.6) is 5.75 Å². The first-order valence-electron chi connectivity index (χ1n) is 10.2. The van der Waals surface area contributed by atoms with E-state index in [1.807, 2.05) is 24.4 Å². The summed E-state index contributed by atoms with van der Waals surface area (Å²) in [6, 6.07) is 16.5. The molecule has 0 aliphatic heterocycles. The van der Waals surface area contributed by atoms with Crippen molar-refractivity contribution in [1.82, 2.24) is 15.6 Å². The summed E-state index contributed by atoms with van der Waals surface area (Å²) in [4.78, 5) is 8.87. The molecule has 0 radical (unpaired) electrons. The van der Waals surface area contributed by atoms with Crippen LogP contribution >= 0.6 is 24.0 Å². The summed E-state index contributed by atoms with van der Waals surface area (Å²) >= 11 is 0. The minimum atomic E-state index is 0. The number of fused-ring (bicyclic) bond motifs is 1. The molecule has 2 N–H and O–H groups in total. The number of hydrogen-bond donors (Lipinski definition) is 2. The Bertz CT molecular complexity index is 989. The predicted molar refractivity (Wildman–Crippen MR) is 137 cm³/mol. The first kappa shape index (κ1) is 24.9. The molecule has 3 aromatic rings. The van der Waals surface area contributed by atoms with Gasteiger partial charge in [0, 0.05) is 50.9 Å². The number of nitrogens with one attached hydrogen (secondary N) is 2. The molecule has 2 aromatic carbocycles. The fraction of sp³-hybridized carbons (Fsp3) is 0.333. The monoisotopic (exact) mass is 534 g/mol. The Labute approximate surface area is 201 Å². The standard InChI is InChI=1S/C24H30N4O2.HI/c1-18-9-10-20(23(15-18)30-14-6-13-29-3)16-27-24(25-2)28-17-22-21-8-5-4-7-19(21)11-12-26-22;/h4-5,7-12,15H,6,13-14,16-17H2,1-3H3,(H2,25,27,28);1H. The normalized spacial score (nSPS) is 11.1. The average molecular weight is 534 g/mol. The van der Waals surface area contributed by atoms with E-state index in [1.165, 1.54) is 10.9 Å². The maximum atomic E-state index is 5.97. The number of aryl methyl sites for hydroxylation is 1. The summed E-state index contributed by atoms with van der Waals surface area (Å²) in [5.41, 5.74) is 3.25. The topological polar surface area (TPSA) is 67.8 Å². The lowest BCUT2D eigenvalue weighted by Gasteiger charge is -2.16. The minimum absolute atomic E-state index is 0. The van der Waals surface area contributed by atoms with E-state index in [-0.39, 0.29) is 24.0 Å².